The van der Waals surface area contributed by atoms with E-state index in [2.05, 4.69) is 10.6 Å². The van der Waals surface area contributed by atoms with E-state index >= 15 is 0 Å². The molecular weight excluding hydrogens is 326 g/mol. The van der Waals surface area contributed by atoms with Crippen molar-refractivity contribution in [1.29, 1.82) is 0 Å². The number of rotatable bonds is 3. The van der Waals surface area contributed by atoms with E-state index in [0.29, 0.717) is 23.7 Å². The molecule has 0 aromatic heterocycles. The van der Waals surface area contributed by atoms with Crippen molar-refractivity contribution in [2.75, 3.05) is 16.8 Å². The van der Waals surface area contributed by atoms with Crippen molar-refractivity contribution in [3.05, 3.63) is 59.1 Å². The van der Waals surface area contributed by atoms with Crippen LogP contribution in [0.25, 0.3) is 0 Å². The van der Waals surface area contributed by atoms with E-state index < -0.39 is 12.1 Å². The second-order valence-electron chi connectivity index (χ2n) is 5.74. The summed E-state index contributed by atoms with van der Waals surface area (Å²) in [6, 6.07) is 13.8. The number of halogens is 1. The zero-order chi connectivity index (χ0) is 17.1. The predicted octanol–water partition coefficient (Wildman–Crippen LogP) is 3.58. The Hall–Kier alpha value is -2.53. The molecule has 3 rings (SSSR count). The first kappa shape index (κ1) is 16.3. The van der Waals surface area contributed by atoms with Gasteiger partial charge in [0.05, 0.1) is 10.7 Å². The third-order valence-corrected chi connectivity index (χ3v) is 4.31. The molecule has 0 saturated carbocycles. The predicted molar refractivity (Wildman–Crippen MR) is 95.5 cm³/mol. The van der Waals surface area contributed by atoms with Gasteiger partial charge in [-0.1, -0.05) is 41.4 Å². The van der Waals surface area contributed by atoms with E-state index in [1.54, 1.807) is 29.2 Å². The van der Waals surface area contributed by atoms with Crippen molar-refractivity contribution in [2.45, 2.75) is 19.4 Å². The maximum Gasteiger partial charge on any atom is 0.319 e. The van der Waals surface area contributed by atoms with Gasteiger partial charge in [-0.25, -0.2) is 4.79 Å². The summed E-state index contributed by atoms with van der Waals surface area (Å²) in [7, 11) is 0. The minimum absolute atomic E-state index is 0.104. The van der Waals surface area contributed by atoms with Gasteiger partial charge in [-0.05, 0) is 37.6 Å². The summed E-state index contributed by atoms with van der Waals surface area (Å²) in [5, 5.41) is 5.83. The fourth-order valence-corrected chi connectivity index (χ4v) is 2.86. The normalized spacial score (nSPS) is 17.0. The highest BCUT2D eigenvalue weighted by molar-refractivity contribution is 6.33. The van der Waals surface area contributed by atoms with Crippen LogP contribution in [0.4, 0.5) is 16.2 Å². The number of aryl methyl sites for hydroxylation is 1. The van der Waals surface area contributed by atoms with Gasteiger partial charge in [0.1, 0.15) is 6.04 Å². The molecule has 2 aromatic carbocycles. The van der Waals surface area contributed by atoms with Gasteiger partial charge >= 0.3 is 6.03 Å². The van der Waals surface area contributed by atoms with Gasteiger partial charge in [0.25, 0.3) is 0 Å². The molecular formula is C18H18ClN3O2. The zero-order valence-electron chi connectivity index (χ0n) is 13.3. The van der Waals surface area contributed by atoms with Crippen LogP contribution in [0.5, 0.6) is 0 Å². The molecule has 0 aliphatic carbocycles. The molecule has 0 spiro atoms. The standard InChI is InChI=1S/C18H18ClN3O2/c1-12-6-8-13(9-7-12)22-11-10-16(17(22)23)21-18(24)20-15-5-3-2-4-14(15)19/h2-9,16H,10-11H2,1H3,(H2,20,21,24)/t16-/m0/s1. The molecule has 5 nitrogen and oxygen atoms in total. The maximum absolute atomic E-state index is 12.5. The van der Waals surface area contributed by atoms with Crippen molar-refractivity contribution in [2.24, 2.45) is 0 Å². The summed E-state index contributed by atoms with van der Waals surface area (Å²) in [4.78, 5) is 26.3. The van der Waals surface area contributed by atoms with Crippen LogP contribution in [-0.2, 0) is 4.79 Å². The van der Waals surface area contributed by atoms with Crippen LogP contribution >= 0.6 is 11.6 Å². The van der Waals surface area contributed by atoms with Crippen LogP contribution in [0, 0.1) is 6.92 Å². The van der Waals surface area contributed by atoms with Gasteiger partial charge in [0.15, 0.2) is 0 Å². The molecule has 0 unspecified atom stereocenters. The van der Waals surface area contributed by atoms with E-state index in [9.17, 15) is 9.59 Å². The summed E-state index contributed by atoms with van der Waals surface area (Å²) in [5.41, 5.74) is 2.50. The molecule has 1 atom stereocenters. The number of anilines is 2. The maximum atomic E-state index is 12.5. The van der Waals surface area contributed by atoms with E-state index in [1.807, 2.05) is 31.2 Å². The fourth-order valence-electron chi connectivity index (χ4n) is 2.67. The van der Waals surface area contributed by atoms with Crippen molar-refractivity contribution < 1.29 is 9.59 Å². The summed E-state index contributed by atoms with van der Waals surface area (Å²) in [5.74, 6) is -0.104. The average Bonchev–Trinajstić information content (AvgIpc) is 2.91. The largest absolute Gasteiger partial charge is 0.326 e. The van der Waals surface area contributed by atoms with Crippen LogP contribution in [0.2, 0.25) is 5.02 Å². The third-order valence-electron chi connectivity index (χ3n) is 3.98. The van der Waals surface area contributed by atoms with Crippen LogP contribution in [-0.4, -0.2) is 24.5 Å². The molecule has 1 heterocycles. The molecule has 1 saturated heterocycles. The average molecular weight is 344 g/mol. The Morgan fingerprint density at radius 1 is 1.17 bits per heavy atom. The Morgan fingerprint density at radius 2 is 1.88 bits per heavy atom. The summed E-state index contributed by atoms with van der Waals surface area (Å²) in [6.07, 6.45) is 0.572. The molecule has 1 fully saturated rings. The van der Waals surface area contributed by atoms with Crippen LogP contribution in [0.1, 0.15) is 12.0 Å². The zero-order valence-corrected chi connectivity index (χ0v) is 14.0. The smallest absolute Gasteiger partial charge is 0.319 e. The monoisotopic (exact) mass is 343 g/mol. The lowest BCUT2D eigenvalue weighted by molar-refractivity contribution is -0.118. The molecule has 1 aliphatic rings. The van der Waals surface area contributed by atoms with Crippen LogP contribution < -0.4 is 15.5 Å². The van der Waals surface area contributed by atoms with Crippen LogP contribution in [0.3, 0.4) is 0 Å². The van der Waals surface area contributed by atoms with Crippen molar-refractivity contribution >= 4 is 34.9 Å². The minimum atomic E-state index is -0.534. The SMILES string of the molecule is Cc1ccc(N2CC[C@H](NC(=O)Nc3ccccc3Cl)C2=O)cc1. The number of carbonyl (C=O) groups excluding carboxylic acids is 2. The number of benzene rings is 2. The topological polar surface area (TPSA) is 61.4 Å². The fraction of sp³-hybridized carbons (Fsp3) is 0.222. The van der Waals surface area contributed by atoms with Crippen molar-refractivity contribution in [3.8, 4) is 0 Å². The Balaban J connectivity index is 1.62. The Morgan fingerprint density at radius 3 is 2.58 bits per heavy atom. The molecule has 24 heavy (non-hydrogen) atoms. The first-order chi connectivity index (χ1) is 11.5. The molecule has 2 aromatic rings. The Kier molecular flexibility index (Phi) is 4.71. The molecule has 0 radical (unpaired) electrons. The third kappa shape index (κ3) is 3.51. The molecule has 3 amide bonds. The van der Waals surface area contributed by atoms with E-state index in [1.165, 1.54) is 0 Å². The molecule has 6 heteroatoms. The van der Waals surface area contributed by atoms with E-state index in [-0.39, 0.29) is 5.91 Å². The van der Waals surface area contributed by atoms with Gasteiger partial charge in [-0.15, -0.1) is 0 Å². The van der Waals surface area contributed by atoms with E-state index in [4.69, 9.17) is 11.6 Å². The molecule has 1 aliphatic heterocycles. The highest BCUT2D eigenvalue weighted by atomic mass is 35.5. The van der Waals surface area contributed by atoms with Crippen LogP contribution in [0.15, 0.2) is 48.5 Å². The minimum Gasteiger partial charge on any atom is -0.326 e. The summed E-state index contributed by atoms with van der Waals surface area (Å²) >= 11 is 6.01. The van der Waals surface area contributed by atoms with Gasteiger partial charge < -0.3 is 15.5 Å². The highest BCUT2D eigenvalue weighted by Crippen LogP contribution is 2.23. The number of nitrogens with zero attached hydrogens (tertiary/aromatic N) is 1. The van der Waals surface area contributed by atoms with Gasteiger partial charge in [-0.2, -0.15) is 0 Å². The second kappa shape index (κ2) is 6.93. The number of hydrogen-bond acceptors (Lipinski definition) is 2. The number of para-hydroxylation sites is 1. The van der Waals surface area contributed by atoms with Gasteiger partial charge in [-0.3, -0.25) is 4.79 Å². The lowest BCUT2D eigenvalue weighted by Gasteiger charge is -2.17. The first-order valence-electron chi connectivity index (χ1n) is 7.74. The number of amides is 3. The number of urea groups is 1. The van der Waals surface area contributed by atoms with E-state index in [0.717, 1.165) is 11.3 Å². The van der Waals surface area contributed by atoms with Crippen molar-refractivity contribution in [1.82, 2.24) is 5.32 Å². The Bertz CT molecular complexity index is 761. The van der Waals surface area contributed by atoms with Gasteiger partial charge in [0, 0.05) is 12.2 Å². The number of hydrogen-bond donors (Lipinski definition) is 2. The van der Waals surface area contributed by atoms with Gasteiger partial charge in [0.2, 0.25) is 5.91 Å². The first-order valence-corrected chi connectivity index (χ1v) is 8.12. The number of nitrogens with one attached hydrogen (secondary N) is 2. The molecule has 0 bridgehead atoms. The second-order valence-corrected chi connectivity index (χ2v) is 6.15. The Labute approximate surface area is 145 Å². The molecule has 124 valence electrons. The summed E-state index contributed by atoms with van der Waals surface area (Å²) < 4.78 is 0. The summed E-state index contributed by atoms with van der Waals surface area (Å²) in [6.45, 7) is 2.58. The highest BCUT2D eigenvalue weighted by Gasteiger charge is 2.33. The lowest BCUT2D eigenvalue weighted by atomic mass is 10.2. The van der Waals surface area contributed by atoms with Crippen molar-refractivity contribution in [3.63, 3.8) is 0 Å². The lowest BCUT2D eigenvalue weighted by Crippen LogP contribution is -2.43. The molecule has 2 N–H and O–H groups in total. The number of carbonyl (C=O) groups is 2. The quantitative estimate of drug-likeness (QED) is 0.894.